The van der Waals surface area contributed by atoms with Crippen LogP contribution < -0.4 is 0 Å². The van der Waals surface area contributed by atoms with E-state index in [1.807, 2.05) is 49.4 Å². The lowest BCUT2D eigenvalue weighted by atomic mass is 9.65. The Labute approximate surface area is 334 Å². The first-order chi connectivity index (χ1) is 27.5. The summed E-state index contributed by atoms with van der Waals surface area (Å²) in [4.78, 5) is 0. The van der Waals surface area contributed by atoms with Gasteiger partial charge in [0, 0.05) is 5.57 Å². The molecule has 0 aromatic heterocycles. The molecular formula is C55H50O. The molecule has 0 aliphatic heterocycles. The zero-order chi connectivity index (χ0) is 39.3. The van der Waals surface area contributed by atoms with Crippen LogP contribution in [0.5, 0.6) is 0 Å². The molecule has 0 saturated carbocycles. The normalized spacial score (nSPS) is 17.0. The molecule has 0 heterocycles. The Morgan fingerprint density at radius 1 is 0.589 bits per heavy atom. The first kappa shape index (κ1) is 39.0. The quantitative estimate of drug-likeness (QED) is 0.103. The van der Waals surface area contributed by atoms with E-state index in [0.717, 1.165) is 45.4 Å². The van der Waals surface area contributed by atoms with Gasteiger partial charge in [-0.15, -0.1) is 6.58 Å². The molecule has 1 unspecified atom stereocenters. The van der Waals surface area contributed by atoms with Gasteiger partial charge in [-0.05, 0) is 106 Å². The van der Waals surface area contributed by atoms with Gasteiger partial charge in [0.1, 0.15) is 0 Å². The molecule has 6 aromatic carbocycles. The van der Waals surface area contributed by atoms with E-state index in [9.17, 15) is 5.11 Å². The fourth-order valence-corrected chi connectivity index (χ4v) is 7.78. The average Bonchev–Trinajstić information content (AvgIpc) is 3.52. The van der Waals surface area contributed by atoms with Crippen molar-refractivity contribution < 1.29 is 5.11 Å². The largest absolute Gasteiger partial charge is 0.515 e. The van der Waals surface area contributed by atoms with E-state index in [1.165, 1.54) is 45.2 Å². The number of hydrogen-bond donors (Lipinski definition) is 1. The summed E-state index contributed by atoms with van der Waals surface area (Å²) < 4.78 is 0. The third-order valence-electron chi connectivity index (χ3n) is 10.3. The molecule has 2 aliphatic rings. The molecular weight excluding hydrogens is 677 g/mol. The van der Waals surface area contributed by atoms with Gasteiger partial charge in [0.15, 0.2) is 0 Å². The van der Waals surface area contributed by atoms with Crippen LogP contribution in [-0.4, -0.2) is 5.11 Å². The summed E-state index contributed by atoms with van der Waals surface area (Å²) in [7, 11) is 0. The fraction of sp³-hybridized carbons (Fsp3) is 0.0909. The monoisotopic (exact) mass is 726 g/mol. The van der Waals surface area contributed by atoms with Crippen LogP contribution in [0.25, 0.3) is 28.3 Å². The van der Waals surface area contributed by atoms with Gasteiger partial charge in [0.05, 0.1) is 11.7 Å². The molecule has 1 nitrogen and oxygen atoms in total. The van der Waals surface area contributed by atoms with Crippen LogP contribution in [0.1, 0.15) is 63.9 Å². The van der Waals surface area contributed by atoms with Crippen molar-refractivity contribution in [3.8, 4) is 11.1 Å². The van der Waals surface area contributed by atoms with Gasteiger partial charge in [-0.1, -0.05) is 200 Å². The van der Waals surface area contributed by atoms with Crippen molar-refractivity contribution >= 4 is 17.2 Å². The molecule has 0 amide bonds. The third kappa shape index (κ3) is 8.19. The Hall–Kier alpha value is -6.70. The zero-order valence-corrected chi connectivity index (χ0v) is 32.7. The summed E-state index contributed by atoms with van der Waals surface area (Å²) in [5, 5.41) is 10.8. The lowest BCUT2D eigenvalue weighted by Gasteiger charge is -2.35. The van der Waals surface area contributed by atoms with Gasteiger partial charge in [-0.2, -0.15) is 0 Å². The number of fused-ring (bicyclic) bond motifs is 7. The molecule has 1 spiro atoms. The molecule has 6 aromatic rings. The molecule has 276 valence electrons. The Morgan fingerprint density at radius 3 is 1.88 bits per heavy atom. The lowest BCUT2D eigenvalue weighted by molar-refractivity contribution is 0.461. The summed E-state index contributed by atoms with van der Waals surface area (Å²) in [5.41, 5.74) is 15.6. The number of aliphatic hydroxyl groups is 1. The molecule has 0 fully saturated rings. The fourth-order valence-electron chi connectivity index (χ4n) is 7.78. The van der Waals surface area contributed by atoms with E-state index in [1.54, 1.807) is 6.08 Å². The smallest absolute Gasteiger partial charge is 0.0839 e. The van der Waals surface area contributed by atoms with Gasteiger partial charge < -0.3 is 5.11 Å². The molecule has 2 aliphatic carbocycles. The van der Waals surface area contributed by atoms with Crippen molar-refractivity contribution in [2.24, 2.45) is 0 Å². The minimum absolute atomic E-state index is 0.644. The molecule has 1 atom stereocenters. The van der Waals surface area contributed by atoms with Crippen LogP contribution in [-0.2, 0) is 11.8 Å². The van der Waals surface area contributed by atoms with Crippen LogP contribution in [0.3, 0.4) is 0 Å². The van der Waals surface area contributed by atoms with Crippen molar-refractivity contribution in [1.82, 2.24) is 0 Å². The molecule has 8 rings (SSSR count). The van der Waals surface area contributed by atoms with Crippen molar-refractivity contribution in [1.29, 1.82) is 0 Å². The van der Waals surface area contributed by atoms with Crippen LogP contribution in [0.2, 0.25) is 0 Å². The highest BCUT2D eigenvalue weighted by Gasteiger charge is 2.48. The highest BCUT2D eigenvalue weighted by molar-refractivity contribution is 5.92. The first-order valence-electron chi connectivity index (χ1n) is 19.2. The second-order valence-electron chi connectivity index (χ2n) is 13.9. The van der Waals surface area contributed by atoms with E-state index in [0.29, 0.717) is 0 Å². The molecule has 0 saturated heterocycles. The standard InChI is InChI=1S/C45H36O.C7H8.C3H6/c1-3-34(37-20-14-17-33(28-37)27-32-15-6-5-7-16-32)29-35(4-2)38-25-26-44-41(30-38)40-22-11-13-24-43(40)45(44)39(31-46)21-10-8-18-36-19-9-12-23-42(36)45;1-7-5-3-2-4-6-7;1-3-2/h3-26,28-31,46H,1,27H2,2H3;2-6H,1H3;3H,1H2,2H3/b18-8-,21-10-,34-29+,35-4+,39-31-;;. The third-order valence-corrected chi connectivity index (χ3v) is 10.3. The topological polar surface area (TPSA) is 20.2 Å². The summed E-state index contributed by atoms with van der Waals surface area (Å²) in [6.45, 7) is 13.6. The second-order valence-corrected chi connectivity index (χ2v) is 13.9. The number of aliphatic hydroxyl groups excluding tert-OH is 1. The van der Waals surface area contributed by atoms with Crippen molar-refractivity contribution in [3.63, 3.8) is 0 Å². The minimum Gasteiger partial charge on any atom is -0.515 e. The van der Waals surface area contributed by atoms with E-state index in [4.69, 9.17) is 0 Å². The first-order valence-corrected chi connectivity index (χ1v) is 19.2. The maximum atomic E-state index is 10.8. The lowest BCUT2D eigenvalue weighted by Crippen LogP contribution is -2.30. The van der Waals surface area contributed by atoms with Crippen LogP contribution in [0.4, 0.5) is 0 Å². The number of rotatable bonds is 6. The van der Waals surface area contributed by atoms with Crippen LogP contribution in [0.15, 0.2) is 219 Å². The Bertz CT molecular complexity index is 2450. The highest BCUT2D eigenvalue weighted by Crippen LogP contribution is 2.58. The summed E-state index contributed by atoms with van der Waals surface area (Å²) in [5.74, 6) is 0. The van der Waals surface area contributed by atoms with E-state index in [2.05, 4.69) is 179 Å². The van der Waals surface area contributed by atoms with Crippen LogP contribution >= 0.6 is 0 Å². The van der Waals surface area contributed by atoms with Gasteiger partial charge in [0.2, 0.25) is 0 Å². The Morgan fingerprint density at radius 2 is 1.20 bits per heavy atom. The Kier molecular flexibility index (Phi) is 12.9. The van der Waals surface area contributed by atoms with Crippen LogP contribution in [0, 0.1) is 6.92 Å². The molecule has 0 radical (unpaired) electrons. The van der Waals surface area contributed by atoms with E-state index < -0.39 is 5.41 Å². The molecule has 0 bridgehead atoms. The predicted molar refractivity (Wildman–Crippen MR) is 242 cm³/mol. The number of aryl methyl sites for hydroxylation is 1. The molecule has 1 heteroatoms. The van der Waals surface area contributed by atoms with Gasteiger partial charge in [-0.3, -0.25) is 0 Å². The average molecular weight is 727 g/mol. The second kappa shape index (κ2) is 18.6. The maximum Gasteiger partial charge on any atom is 0.0839 e. The SMILES string of the molecule is C=C/C(=C\C(=C/C)c1ccc2c(c1)-c1ccccc1C21C(=C\O)/C=C\C=C/c2ccccc21)c1cccc(Cc2ccccc2)c1.C=CC.Cc1ccccc1. The number of benzene rings is 6. The minimum atomic E-state index is -0.644. The van der Waals surface area contributed by atoms with Gasteiger partial charge in [0.25, 0.3) is 0 Å². The molecule has 1 N–H and O–H groups in total. The Balaban J connectivity index is 0.000000469. The van der Waals surface area contributed by atoms with E-state index in [-0.39, 0.29) is 0 Å². The summed E-state index contributed by atoms with van der Waals surface area (Å²) in [6, 6.07) is 53.6. The zero-order valence-electron chi connectivity index (χ0n) is 32.7. The summed E-state index contributed by atoms with van der Waals surface area (Å²) in [6.07, 6.45) is 18.5. The van der Waals surface area contributed by atoms with Crippen molar-refractivity contribution in [2.75, 3.05) is 0 Å². The number of allylic oxidation sites excluding steroid dienone is 10. The van der Waals surface area contributed by atoms with Crippen molar-refractivity contribution in [3.05, 3.63) is 269 Å². The predicted octanol–water partition coefficient (Wildman–Crippen LogP) is 14.5. The van der Waals surface area contributed by atoms with Crippen molar-refractivity contribution in [2.45, 2.75) is 32.6 Å². The highest BCUT2D eigenvalue weighted by atomic mass is 16.2. The van der Waals surface area contributed by atoms with Gasteiger partial charge in [-0.25, -0.2) is 0 Å². The van der Waals surface area contributed by atoms with E-state index >= 15 is 0 Å². The van der Waals surface area contributed by atoms with Gasteiger partial charge >= 0.3 is 0 Å². The molecule has 56 heavy (non-hydrogen) atoms. The number of hydrogen-bond acceptors (Lipinski definition) is 1. The summed E-state index contributed by atoms with van der Waals surface area (Å²) >= 11 is 0. The maximum absolute atomic E-state index is 10.8.